The Hall–Kier alpha value is -1.88. The number of aliphatic hydroxyl groups is 1. The fourth-order valence-electron chi connectivity index (χ4n) is 2.69. The van der Waals surface area contributed by atoms with Gasteiger partial charge in [0.25, 0.3) is 0 Å². The van der Waals surface area contributed by atoms with E-state index in [2.05, 4.69) is 4.90 Å². The van der Waals surface area contributed by atoms with Gasteiger partial charge in [0.15, 0.2) is 0 Å². The summed E-state index contributed by atoms with van der Waals surface area (Å²) in [5, 5.41) is 19.7. The van der Waals surface area contributed by atoms with Gasteiger partial charge in [0, 0.05) is 19.6 Å². The minimum Gasteiger partial charge on any atom is -0.508 e. The van der Waals surface area contributed by atoms with Crippen molar-refractivity contribution in [2.75, 3.05) is 32.8 Å². The van der Waals surface area contributed by atoms with Gasteiger partial charge in [0.2, 0.25) is 0 Å². The lowest BCUT2D eigenvalue weighted by Gasteiger charge is -2.28. The predicted octanol–water partition coefficient (Wildman–Crippen LogP) is 2.42. The number of morpholine rings is 1. The monoisotopic (exact) mass is 299 g/mol. The number of aliphatic hydroxyl groups excluding tert-OH is 1. The maximum atomic E-state index is 10.4. The smallest absolute Gasteiger partial charge is 0.115 e. The SMILES string of the molecule is Oc1ccc(-c2ccc(C(O)CN3CCOCC3)cc2)cc1. The molecule has 1 aliphatic rings. The van der Waals surface area contributed by atoms with E-state index in [0.717, 1.165) is 43.0 Å². The third-order valence-corrected chi connectivity index (χ3v) is 4.03. The van der Waals surface area contributed by atoms with E-state index in [-0.39, 0.29) is 5.75 Å². The van der Waals surface area contributed by atoms with Crippen molar-refractivity contribution in [2.24, 2.45) is 0 Å². The average Bonchev–Trinajstić information content (AvgIpc) is 2.57. The number of β-amino-alcohol motifs (C(OH)–C–C–N with tert-alkyl or cyclic N) is 1. The molecular weight excluding hydrogens is 278 g/mol. The number of phenols is 1. The predicted molar refractivity (Wildman–Crippen MR) is 85.8 cm³/mol. The van der Waals surface area contributed by atoms with E-state index in [1.165, 1.54) is 0 Å². The lowest BCUT2D eigenvalue weighted by Crippen LogP contribution is -2.38. The van der Waals surface area contributed by atoms with Crippen molar-refractivity contribution >= 4 is 0 Å². The zero-order valence-electron chi connectivity index (χ0n) is 12.5. The highest BCUT2D eigenvalue weighted by molar-refractivity contribution is 5.64. The molecule has 1 heterocycles. The molecule has 1 saturated heterocycles. The van der Waals surface area contributed by atoms with E-state index in [4.69, 9.17) is 4.74 Å². The number of phenolic OH excluding ortho intramolecular Hbond substituents is 1. The molecule has 3 rings (SSSR count). The van der Waals surface area contributed by atoms with Crippen LogP contribution < -0.4 is 0 Å². The van der Waals surface area contributed by atoms with Gasteiger partial charge in [-0.25, -0.2) is 0 Å². The number of ether oxygens (including phenoxy) is 1. The fourth-order valence-corrected chi connectivity index (χ4v) is 2.69. The van der Waals surface area contributed by atoms with Gasteiger partial charge in [0.05, 0.1) is 19.3 Å². The van der Waals surface area contributed by atoms with E-state index in [9.17, 15) is 10.2 Å². The molecule has 0 spiro atoms. The van der Waals surface area contributed by atoms with Gasteiger partial charge >= 0.3 is 0 Å². The van der Waals surface area contributed by atoms with Crippen LogP contribution in [0.5, 0.6) is 5.75 Å². The van der Waals surface area contributed by atoms with Crippen LogP contribution >= 0.6 is 0 Å². The standard InChI is InChI=1S/C18H21NO3/c20-17-7-5-15(6-8-17)14-1-3-16(4-2-14)18(21)13-19-9-11-22-12-10-19/h1-8,18,20-21H,9-13H2. The molecule has 1 atom stereocenters. The Bertz CT molecular complexity index is 589. The summed E-state index contributed by atoms with van der Waals surface area (Å²) in [5.74, 6) is 0.265. The second-order valence-electron chi connectivity index (χ2n) is 5.60. The molecule has 0 aliphatic carbocycles. The molecule has 0 amide bonds. The normalized spacial score (nSPS) is 17.3. The van der Waals surface area contributed by atoms with E-state index in [1.54, 1.807) is 12.1 Å². The molecule has 1 aliphatic heterocycles. The van der Waals surface area contributed by atoms with Crippen LogP contribution in [0.25, 0.3) is 11.1 Å². The number of nitrogens with zero attached hydrogens (tertiary/aromatic N) is 1. The molecule has 2 aromatic carbocycles. The molecule has 4 heteroatoms. The molecule has 1 unspecified atom stereocenters. The first-order chi connectivity index (χ1) is 10.7. The summed E-state index contributed by atoms with van der Waals surface area (Å²) in [6.45, 7) is 3.88. The van der Waals surface area contributed by atoms with Gasteiger partial charge in [-0.3, -0.25) is 4.90 Å². The molecule has 2 aromatic rings. The van der Waals surface area contributed by atoms with Crippen molar-refractivity contribution in [3.8, 4) is 16.9 Å². The first kappa shape index (κ1) is 15.0. The molecule has 0 bridgehead atoms. The van der Waals surface area contributed by atoms with Crippen LogP contribution in [0.4, 0.5) is 0 Å². The Morgan fingerprint density at radius 3 is 2.05 bits per heavy atom. The van der Waals surface area contributed by atoms with Crippen molar-refractivity contribution in [3.05, 3.63) is 54.1 Å². The molecule has 0 aromatic heterocycles. The minimum atomic E-state index is -0.480. The van der Waals surface area contributed by atoms with Crippen LogP contribution in [0.3, 0.4) is 0 Å². The first-order valence-corrected chi connectivity index (χ1v) is 7.60. The summed E-state index contributed by atoms with van der Waals surface area (Å²) >= 11 is 0. The van der Waals surface area contributed by atoms with Crippen LogP contribution in [0.2, 0.25) is 0 Å². The number of rotatable bonds is 4. The Labute approximate surface area is 130 Å². The molecule has 4 nitrogen and oxygen atoms in total. The number of benzene rings is 2. The van der Waals surface area contributed by atoms with Crippen molar-refractivity contribution in [1.29, 1.82) is 0 Å². The summed E-state index contributed by atoms with van der Waals surface area (Å²) in [7, 11) is 0. The van der Waals surface area contributed by atoms with E-state index in [1.807, 2.05) is 36.4 Å². The van der Waals surface area contributed by atoms with Crippen LogP contribution in [-0.2, 0) is 4.74 Å². The fraction of sp³-hybridized carbons (Fsp3) is 0.333. The Kier molecular flexibility index (Phi) is 4.73. The maximum Gasteiger partial charge on any atom is 0.115 e. The van der Waals surface area contributed by atoms with Crippen molar-refractivity contribution in [3.63, 3.8) is 0 Å². The molecule has 0 saturated carbocycles. The van der Waals surface area contributed by atoms with Crippen LogP contribution in [0, 0.1) is 0 Å². The van der Waals surface area contributed by atoms with Crippen LogP contribution in [0.1, 0.15) is 11.7 Å². The minimum absolute atomic E-state index is 0.265. The third-order valence-electron chi connectivity index (χ3n) is 4.03. The van der Waals surface area contributed by atoms with Gasteiger partial charge in [-0.15, -0.1) is 0 Å². The van der Waals surface area contributed by atoms with Crippen molar-refractivity contribution in [2.45, 2.75) is 6.10 Å². The molecule has 1 fully saturated rings. The van der Waals surface area contributed by atoms with Gasteiger partial charge in [-0.05, 0) is 28.8 Å². The highest BCUT2D eigenvalue weighted by Gasteiger charge is 2.16. The maximum absolute atomic E-state index is 10.4. The summed E-state index contributed by atoms with van der Waals surface area (Å²) in [6, 6.07) is 15.1. The summed E-state index contributed by atoms with van der Waals surface area (Å²) in [4.78, 5) is 2.22. The summed E-state index contributed by atoms with van der Waals surface area (Å²) in [5.41, 5.74) is 3.04. The molecule has 2 N–H and O–H groups in total. The van der Waals surface area contributed by atoms with Crippen molar-refractivity contribution < 1.29 is 14.9 Å². The zero-order chi connectivity index (χ0) is 15.4. The third kappa shape index (κ3) is 3.65. The average molecular weight is 299 g/mol. The van der Waals surface area contributed by atoms with Crippen molar-refractivity contribution in [1.82, 2.24) is 4.90 Å². The Morgan fingerprint density at radius 1 is 0.909 bits per heavy atom. The number of hydrogen-bond donors (Lipinski definition) is 2. The number of hydrogen-bond acceptors (Lipinski definition) is 4. The Balaban J connectivity index is 1.66. The van der Waals surface area contributed by atoms with Gasteiger partial charge in [-0.2, -0.15) is 0 Å². The molecular formula is C18H21NO3. The lowest BCUT2D eigenvalue weighted by atomic mass is 10.0. The molecule has 22 heavy (non-hydrogen) atoms. The topological polar surface area (TPSA) is 52.9 Å². The number of aromatic hydroxyl groups is 1. The molecule has 0 radical (unpaired) electrons. The van der Waals surface area contributed by atoms with Crippen LogP contribution in [0.15, 0.2) is 48.5 Å². The van der Waals surface area contributed by atoms with E-state index >= 15 is 0 Å². The zero-order valence-corrected chi connectivity index (χ0v) is 12.5. The lowest BCUT2D eigenvalue weighted by molar-refractivity contribution is 0.0143. The quantitative estimate of drug-likeness (QED) is 0.910. The van der Waals surface area contributed by atoms with E-state index < -0.39 is 6.10 Å². The highest BCUT2D eigenvalue weighted by atomic mass is 16.5. The molecule has 116 valence electrons. The highest BCUT2D eigenvalue weighted by Crippen LogP contribution is 2.24. The van der Waals surface area contributed by atoms with Gasteiger partial charge in [0.1, 0.15) is 5.75 Å². The van der Waals surface area contributed by atoms with Gasteiger partial charge < -0.3 is 14.9 Å². The summed E-state index contributed by atoms with van der Waals surface area (Å²) in [6.07, 6.45) is -0.480. The largest absolute Gasteiger partial charge is 0.508 e. The van der Waals surface area contributed by atoms with E-state index in [0.29, 0.717) is 6.54 Å². The Morgan fingerprint density at radius 2 is 1.45 bits per heavy atom. The van der Waals surface area contributed by atoms with Crippen LogP contribution in [-0.4, -0.2) is 48.0 Å². The first-order valence-electron chi connectivity index (χ1n) is 7.60. The second-order valence-corrected chi connectivity index (χ2v) is 5.60. The van der Waals surface area contributed by atoms with Gasteiger partial charge in [-0.1, -0.05) is 36.4 Å². The summed E-state index contributed by atoms with van der Waals surface area (Å²) < 4.78 is 5.32. The second kappa shape index (κ2) is 6.92.